The van der Waals surface area contributed by atoms with E-state index in [9.17, 15) is 37.1 Å². The number of alkyl halides is 3. The first-order valence-corrected chi connectivity index (χ1v) is 18.5. The highest BCUT2D eigenvalue weighted by molar-refractivity contribution is 5.83. The van der Waals surface area contributed by atoms with Crippen molar-refractivity contribution in [2.24, 2.45) is 4.99 Å². The summed E-state index contributed by atoms with van der Waals surface area (Å²) in [5.41, 5.74) is 3.18. The number of nitrogens with one attached hydrogen (secondary N) is 1. The maximum atomic E-state index is 13.5. The van der Waals surface area contributed by atoms with Crippen LogP contribution in [0.5, 0.6) is 0 Å². The topological polar surface area (TPSA) is 174 Å². The molecule has 1 heterocycles. The maximum absolute atomic E-state index is 13.5. The van der Waals surface area contributed by atoms with Crippen LogP contribution in [0.4, 0.5) is 18.0 Å². The Kier molecular flexibility index (Phi) is 14.6. The summed E-state index contributed by atoms with van der Waals surface area (Å²) >= 11 is 0. The van der Waals surface area contributed by atoms with E-state index in [2.05, 4.69) is 16.9 Å². The minimum Gasteiger partial charge on any atom is -0.463 e. The summed E-state index contributed by atoms with van der Waals surface area (Å²) in [5.74, 6) is -3.68. The molecule has 1 N–H and O–H groups in total. The molecule has 1 saturated heterocycles. The maximum Gasteiger partial charge on any atom is 0.416 e. The van der Waals surface area contributed by atoms with E-state index < -0.39 is 91.1 Å². The Morgan fingerprint density at radius 2 is 1.41 bits per heavy atom. The number of nitrogens with zero attached hydrogens (tertiary/aromatic N) is 1. The van der Waals surface area contributed by atoms with Gasteiger partial charge in [-0.25, -0.2) is 9.59 Å². The number of aliphatic imine (C=N–C) groups is 1. The van der Waals surface area contributed by atoms with Crippen molar-refractivity contribution in [2.75, 3.05) is 19.8 Å². The van der Waals surface area contributed by atoms with Crippen LogP contribution in [0.15, 0.2) is 90.4 Å². The van der Waals surface area contributed by atoms with Crippen LogP contribution < -0.4 is 5.32 Å². The van der Waals surface area contributed by atoms with Crippen molar-refractivity contribution < 1.29 is 70.3 Å². The number of halogens is 3. The molecule has 14 nitrogen and oxygen atoms in total. The van der Waals surface area contributed by atoms with Crippen molar-refractivity contribution in [3.63, 3.8) is 0 Å². The third kappa shape index (κ3) is 11.3. The summed E-state index contributed by atoms with van der Waals surface area (Å²) in [6.07, 6.45) is -10.4. The lowest BCUT2D eigenvalue weighted by molar-refractivity contribution is -0.283. The fourth-order valence-corrected chi connectivity index (χ4v) is 6.74. The molecule has 0 saturated carbocycles. The smallest absolute Gasteiger partial charge is 0.416 e. The molecule has 1 fully saturated rings. The molecule has 7 atom stereocenters. The quantitative estimate of drug-likeness (QED) is 0.0861. The number of ether oxygens (including phenoxy) is 7. The molecule has 0 radical (unpaired) electrons. The van der Waals surface area contributed by atoms with Gasteiger partial charge in [-0.1, -0.05) is 73.3 Å². The second kappa shape index (κ2) is 19.6. The summed E-state index contributed by atoms with van der Waals surface area (Å²) in [5, 5.41) is 2.50. The van der Waals surface area contributed by atoms with Crippen LogP contribution in [0.1, 0.15) is 55.9 Å². The van der Waals surface area contributed by atoms with Crippen molar-refractivity contribution in [3.8, 4) is 11.1 Å². The molecule has 0 unspecified atom stereocenters. The molecule has 2 aliphatic rings. The monoisotopic (exact) mass is 824 g/mol. The number of esters is 4. The van der Waals surface area contributed by atoms with Crippen LogP contribution in [0, 0.1) is 0 Å². The predicted molar refractivity (Wildman–Crippen MR) is 203 cm³/mol. The Bertz CT molecular complexity index is 1990. The van der Waals surface area contributed by atoms with Crippen LogP contribution in [0.3, 0.4) is 0 Å². The number of alkyl carbamates (subject to hydrolysis) is 1. The van der Waals surface area contributed by atoms with Gasteiger partial charge in [0.2, 0.25) is 0 Å². The van der Waals surface area contributed by atoms with Crippen LogP contribution >= 0.6 is 0 Å². The first-order valence-electron chi connectivity index (χ1n) is 18.5. The van der Waals surface area contributed by atoms with Gasteiger partial charge in [-0.3, -0.25) is 19.4 Å². The first-order chi connectivity index (χ1) is 28.1. The van der Waals surface area contributed by atoms with Gasteiger partial charge in [0, 0.05) is 32.9 Å². The normalized spacial score (nSPS) is 21.0. The van der Waals surface area contributed by atoms with Crippen LogP contribution in [-0.4, -0.2) is 98.8 Å². The standard InChI is InChI=1S/C42H43F3N2O12/c1-6-19-53-39(51)35(47-41(52)55-21-33-31-13-9-7-11-29(31)30-12-8-10-14-32(30)33)23(2)56-40-36(46-20-27-15-17-28(18-16-27)42(43,44)45)38(58-26(5)50)37(57-25(4)49)34(59-40)22-54-24(3)48/h6-18,20,23,33-38,40H,1,19,21-22H2,2-5H3,(H,47,52)/t23-,34-,35+,36-,37+,38-,40+/m1/s1. The molecule has 59 heavy (non-hydrogen) atoms. The van der Waals surface area contributed by atoms with Gasteiger partial charge in [-0.05, 0) is 46.9 Å². The highest BCUT2D eigenvalue weighted by Crippen LogP contribution is 2.44. The molecule has 0 bridgehead atoms. The molecule has 0 spiro atoms. The third-order valence-electron chi connectivity index (χ3n) is 9.34. The Morgan fingerprint density at radius 1 is 0.814 bits per heavy atom. The van der Waals surface area contributed by atoms with Gasteiger partial charge in [-0.2, -0.15) is 13.2 Å². The number of hydrogen-bond acceptors (Lipinski definition) is 13. The zero-order valence-corrected chi connectivity index (χ0v) is 32.5. The number of amides is 1. The molecule has 17 heteroatoms. The summed E-state index contributed by atoms with van der Waals surface area (Å²) in [4.78, 5) is 68.0. The zero-order valence-electron chi connectivity index (χ0n) is 32.5. The molecule has 1 aliphatic heterocycles. The second-order valence-corrected chi connectivity index (χ2v) is 13.6. The minimum atomic E-state index is -4.60. The fraction of sp³-hybridized carbons (Fsp3) is 0.381. The number of rotatable bonds is 15. The SMILES string of the molecule is C=CCOC(=O)[C@@H](NC(=O)OCC1c2ccccc2-c2ccccc21)[C@@H](C)O[C@H]1O[C@H](COC(C)=O)[C@H](OC(C)=O)[C@H](OC(C)=O)[C@H]1N=Cc1ccc(C(F)(F)F)cc1. The summed E-state index contributed by atoms with van der Waals surface area (Å²) in [6.45, 7) is 7.35. The van der Waals surface area contributed by atoms with Gasteiger partial charge in [0.25, 0.3) is 0 Å². The highest BCUT2D eigenvalue weighted by atomic mass is 19.4. The van der Waals surface area contributed by atoms with Gasteiger partial charge in [-0.15, -0.1) is 0 Å². The molecule has 3 aromatic rings. The molecule has 1 aliphatic carbocycles. The number of hydrogen-bond donors (Lipinski definition) is 1. The molecular formula is C42H43F3N2O12. The lowest BCUT2D eigenvalue weighted by Crippen LogP contribution is -2.62. The lowest BCUT2D eigenvalue weighted by Gasteiger charge is -2.44. The third-order valence-corrected chi connectivity index (χ3v) is 9.34. The number of benzene rings is 3. The number of carbonyl (C=O) groups is 5. The lowest BCUT2D eigenvalue weighted by atomic mass is 9.96. The fourth-order valence-electron chi connectivity index (χ4n) is 6.74. The van der Waals surface area contributed by atoms with E-state index in [0.717, 1.165) is 73.5 Å². The first kappa shape index (κ1) is 44.0. The molecular weight excluding hydrogens is 781 g/mol. The molecule has 1 amide bonds. The van der Waals surface area contributed by atoms with E-state index in [-0.39, 0.29) is 24.7 Å². The minimum absolute atomic E-state index is 0.0879. The highest BCUT2D eigenvalue weighted by Gasteiger charge is 2.52. The van der Waals surface area contributed by atoms with E-state index in [4.69, 9.17) is 33.2 Å². The van der Waals surface area contributed by atoms with Gasteiger partial charge in [0.1, 0.15) is 32.0 Å². The van der Waals surface area contributed by atoms with Crippen LogP contribution in [0.2, 0.25) is 0 Å². The van der Waals surface area contributed by atoms with E-state index in [1.54, 1.807) is 0 Å². The Morgan fingerprint density at radius 3 is 1.97 bits per heavy atom. The van der Waals surface area contributed by atoms with Crippen molar-refractivity contribution in [1.82, 2.24) is 5.32 Å². The molecule has 3 aromatic carbocycles. The van der Waals surface area contributed by atoms with E-state index in [0.29, 0.717) is 0 Å². The van der Waals surface area contributed by atoms with Gasteiger partial charge < -0.3 is 38.5 Å². The molecule has 314 valence electrons. The van der Waals surface area contributed by atoms with Crippen molar-refractivity contribution in [2.45, 2.75) is 82.6 Å². The van der Waals surface area contributed by atoms with Crippen LogP contribution in [-0.2, 0) is 58.5 Å². The predicted octanol–water partition coefficient (Wildman–Crippen LogP) is 5.69. The number of carbonyl (C=O) groups excluding carboxylic acids is 5. The van der Waals surface area contributed by atoms with Crippen molar-refractivity contribution in [1.29, 1.82) is 0 Å². The summed E-state index contributed by atoms with van der Waals surface area (Å²) in [6, 6.07) is 16.4. The zero-order chi connectivity index (χ0) is 42.9. The van der Waals surface area contributed by atoms with E-state index in [1.165, 1.54) is 13.0 Å². The Hall–Kier alpha value is -6.07. The van der Waals surface area contributed by atoms with Crippen LogP contribution in [0.25, 0.3) is 11.1 Å². The summed E-state index contributed by atoms with van der Waals surface area (Å²) < 4.78 is 79.4. The van der Waals surface area contributed by atoms with Crippen molar-refractivity contribution >= 4 is 36.2 Å². The summed E-state index contributed by atoms with van der Waals surface area (Å²) in [7, 11) is 0. The largest absolute Gasteiger partial charge is 0.463 e. The van der Waals surface area contributed by atoms with Gasteiger partial charge in [0.15, 0.2) is 24.5 Å². The van der Waals surface area contributed by atoms with Gasteiger partial charge >= 0.3 is 36.1 Å². The average molecular weight is 825 g/mol. The number of fused-ring (bicyclic) bond motifs is 3. The Balaban J connectivity index is 1.44. The van der Waals surface area contributed by atoms with Gasteiger partial charge in [0.05, 0.1) is 11.7 Å². The van der Waals surface area contributed by atoms with E-state index >= 15 is 0 Å². The molecule has 0 aromatic heterocycles. The Labute approximate surface area is 337 Å². The van der Waals surface area contributed by atoms with Crippen molar-refractivity contribution in [3.05, 3.63) is 108 Å². The van der Waals surface area contributed by atoms with E-state index in [1.807, 2.05) is 48.5 Å². The average Bonchev–Trinajstić information content (AvgIpc) is 3.51. The second-order valence-electron chi connectivity index (χ2n) is 13.6. The molecule has 5 rings (SSSR count).